The topological polar surface area (TPSA) is 38.7 Å². The summed E-state index contributed by atoms with van der Waals surface area (Å²) in [5, 5.41) is 16.0. The summed E-state index contributed by atoms with van der Waals surface area (Å²) in [4.78, 5) is 0. The van der Waals surface area contributed by atoms with Crippen molar-refractivity contribution in [2.24, 2.45) is 5.92 Å². The van der Waals surface area contributed by atoms with Gasteiger partial charge in [0.2, 0.25) is 0 Å². The second kappa shape index (κ2) is 15.8. The van der Waals surface area contributed by atoms with Crippen molar-refractivity contribution in [1.29, 1.82) is 0 Å². The molecule has 4 aromatic rings. The Kier molecular flexibility index (Phi) is 11.3. The third-order valence-electron chi connectivity index (χ3n) is 8.84. The van der Waals surface area contributed by atoms with Gasteiger partial charge in [-0.25, -0.2) is 0 Å². The number of aliphatic hydroxyl groups excluding tert-OH is 1. The van der Waals surface area contributed by atoms with Gasteiger partial charge in [0, 0.05) is 18.6 Å². The summed E-state index contributed by atoms with van der Waals surface area (Å²) in [6, 6.07) is 42.6. The molecule has 0 radical (unpaired) electrons. The lowest BCUT2D eigenvalue weighted by molar-refractivity contribution is -0.0501. The Morgan fingerprint density at radius 1 is 0.791 bits per heavy atom. The van der Waals surface area contributed by atoms with E-state index in [9.17, 15) is 5.11 Å². The molecule has 0 spiro atoms. The van der Waals surface area contributed by atoms with Gasteiger partial charge in [0.15, 0.2) is 8.07 Å². The first-order valence-electron chi connectivity index (χ1n) is 15.6. The molecule has 1 aliphatic rings. The molecule has 1 fully saturated rings. The number of ether oxygens (including phenoxy) is 2. The number of allylic oxidation sites excluding steroid dienone is 1. The molecule has 2 unspecified atom stereocenters. The molecular weight excluding hydrogens is 545 g/mol. The van der Waals surface area contributed by atoms with Crippen molar-refractivity contribution in [1.82, 2.24) is 0 Å². The number of benzene rings is 4. The fourth-order valence-corrected chi connectivity index (χ4v) is 12.2. The van der Waals surface area contributed by atoms with Gasteiger partial charge in [-0.3, -0.25) is 0 Å². The molecule has 1 heterocycles. The standard InChI is InChI=1S/C39H44O3Si/c1-2-39(43(34-22-9-4-10-23-34,35-24-11-5-12-25-35)36-26-13-6-14-27-36)37(40)30-38-33(21-17-29-42-38)20-15-16-28-41-31-32-18-7-3-8-19-32/h2-16,18-19,22-27,33,37-40H,1,17,20-21,28-31H2/b16-15-/t33-,37?,38+,39?/m0/s1. The van der Waals surface area contributed by atoms with Crippen molar-refractivity contribution in [2.45, 2.75) is 50.0 Å². The zero-order chi connectivity index (χ0) is 29.7. The Balaban J connectivity index is 1.36. The van der Waals surface area contributed by atoms with Crippen LogP contribution in [0.2, 0.25) is 5.54 Å². The van der Waals surface area contributed by atoms with E-state index in [4.69, 9.17) is 9.47 Å². The zero-order valence-corrected chi connectivity index (χ0v) is 26.0. The highest BCUT2D eigenvalue weighted by atomic mass is 28.3. The lowest BCUT2D eigenvalue weighted by atomic mass is 9.87. The molecule has 4 atom stereocenters. The van der Waals surface area contributed by atoms with Crippen LogP contribution in [-0.4, -0.2) is 38.6 Å². The van der Waals surface area contributed by atoms with E-state index in [2.05, 4.69) is 122 Å². The maximum Gasteiger partial charge on any atom is 0.157 e. The summed E-state index contributed by atoms with van der Waals surface area (Å²) in [5.41, 5.74) is 1.04. The molecule has 0 bridgehead atoms. The summed E-state index contributed by atoms with van der Waals surface area (Å²) in [7, 11) is -2.75. The van der Waals surface area contributed by atoms with Crippen LogP contribution in [0.3, 0.4) is 0 Å². The van der Waals surface area contributed by atoms with Crippen LogP contribution in [0.25, 0.3) is 0 Å². The van der Waals surface area contributed by atoms with E-state index in [1.54, 1.807) is 0 Å². The van der Waals surface area contributed by atoms with Crippen molar-refractivity contribution >= 4 is 23.6 Å². The molecule has 0 saturated carbocycles. The number of hydrogen-bond acceptors (Lipinski definition) is 3. The van der Waals surface area contributed by atoms with Crippen LogP contribution in [0.1, 0.15) is 31.2 Å². The quantitative estimate of drug-likeness (QED) is 0.0800. The maximum absolute atomic E-state index is 12.2. The Morgan fingerprint density at radius 3 is 1.86 bits per heavy atom. The second-order valence-corrected chi connectivity index (χ2v) is 15.5. The Morgan fingerprint density at radius 2 is 1.33 bits per heavy atom. The van der Waals surface area contributed by atoms with E-state index < -0.39 is 14.2 Å². The molecule has 4 heteroatoms. The van der Waals surface area contributed by atoms with Crippen molar-refractivity contribution < 1.29 is 14.6 Å². The van der Waals surface area contributed by atoms with Crippen molar-refractivity contribution in [3.05, 3.63) is 152 Å². The van der Waals surface area contributed by atoms with Gasteiger partial charge in [0.05, 0.1) is 25.4 Å². The highest BCUT2D eigenvalue weighted by Gasteiger charge is 2.48. The predicted octanol–water partition coefficient (Wildman–Crippen LogP) is 6.42. The average molecular weight is 589 g/mol. The smallest absolute Gasteiger partial charge is 0.157 e. The highest BCUT2D eigenvalue weighted by Crippen LogP contribution is 2.34. The maximum atomic E-state index is 12.2. The number of hydrogen-bond donors (Lipinski definition) is 1. The van der Waals surface area contributed by atoms with Gasteiger partial charge in [-0.1, -0.05) is 140 Å². The highest BCUT2D eigenvalue weighted by molar-refractivity contribution is 7.12. The van der Waals surface area contributed by atoms with E-state index in [0.29, 0.717) is 25.6 Å². The molecule has 0 aromatic heterocycles. The van der Waals surface area contributed by atoms with Gasteiger partial charge in [-0.05, 0) is 46.3 Å². The Hall–Kier alpha value is -3.54. The third-order valence-corrected chi connectivity index (χ3v) is 14.2. The first kappa shape index (κ1) is 30.9. The van der Waals surface area contributed by atoms with Crippen LogP contribution in [0.5, 0.6) is 0 Å². The molecule has 0 aliphatic carbocycles. The molecule has 43 heavy (non-hydrogen) atoms. The van der Waals surface area contributed by atoms with Crippen molar-refractivity contribution in [2.75, 3.05) is 13.2 Å². The first-order chi connectivity index (χ1) is 21.2. The molecule has 3 nitrogen and oxygen atoms in total. The monoisotopic (exact) mass is 588 g/mol. The average Bonchev–Trinajstić information content (AvgIpc) is 3.07. The van der Waals surface area contributed by atoms with E-state index in [-0.39, 0.29) is 11.6 Å². The molecule has 1 saturated heterocycles. The minimum atomic E-state index is -2.75. The summed E-state index contributed by atoms with van der Waals surface area (Å²) in [6.07, 6.45) is 9.42. The summed E-state index contributed by atoms with van der Waals surface area (Å²) >= 11 is 0. The first-order valence-corrected chi connectivity index (χ1v) is 17.7. The molecule has 5 rings (SSSR count). The Labute approximate surface area is 258 Å². The van der Waals surface area contributed by atoms with Gasteiger partial charge >= 0.3 is 0 Å². The second-order valence-electron chi connectivity index (χ2n) is 11.5. The van der Waals surface area contributed by atoms with Crippen molar-refractivity contribution in [3.63, 3.8) is 0 Å². The fraction of sp³-hybridized carbons (Fsp3) is 0.282. The number of aliphatic hydroxyl groups is 1. The molecule has 1 N–H and O–H groups in total. The van der Waals surface area contributed by atoms with Crippen LogP contribution in [0.4, 0.5) is 0 Å². The normalized spacial score (nSPS) is 18.7. The predicted molar refractivity (Wildman–Crippen MR) is 181 cm³/mol. The van der Waals surface area contributed by atoms with Gasteiger partial charge in [-0.15, -0.1) is 6.58 Å². The molecular formula is C39H44O3Si. The molecule has 1 aliphatic heterocycles. The molecule has 222 valence electrons. The lowest BCUT2D eigenvalue weighted by Crippen LogP contribution is -2.71. The van der Waals surface area contributed by atoms with Crippen LogP contribution < -0.4 is 15.6 Å². The summed E-state index contributed by atoms with van der Waals surface area (Å²) in [5.74, 6) is 0.362. The lowest BCUT2D eigenvalue weighted by Gasteiger charge is -2.43. The minimum absolute atomic E-state index is 0.00453. The molecule has 4 aromatic carbocycles. The zero-order valence-electron chi connectivity index (χ0n) is 25.0. The Bertz CT molecular complexity index is 1300. The van der Waals surface area contributed by atoms with Crippen LogP contribution in [0, 0.1) is 5.92 Å². The summed E-state index contributed by atoms with van der Waals surface area (Å²) < 4.78 is 12.2. The number of rotatable bonds is 14. The summed E-state index contributed by atoms with van der Waals surface area (Å²) in [6.45, 7) is 6.30. The van der Waals surface area contributed by atoms with Gasteiger partial charge < -0.3 is 14.6 Å². The van der Waals surface area contributed by atoms with E-state index in [1.165, 1.54) is 21.1 Å². The van der Waals surface area contributed by atoms with Crippen molar-refractivity contribution in [3.8, 4) is 0 Å². The fourth-order valence-electron chi connectivity index (χ4n) is 6.78. The van der Waals surface area contributed by atoms with E-state index in [1.807, 2.05) is 24.3 Å². The van der Waals surface area contributed by atoms with E-state index >= 15 is 0 Å². The van der Waals surface area contributed by atoms with Gasteiger partial charge in [-0.2, -0.15) is 0 Å². The van der Waals surface area contributed by atoms with Gasteiger partial charge in [0.1, 0.15) is 0 Å². The third kappa shape index (κ3) is 7.52. The van der Waals surface area contributed by atoms with Crippen LogP contribution >= 0.6 is 0 Å². The van der Waals surface area contributed by atoms with Crippen LogP contribution in [-0.2, 0) is 16.1 Å². The SMILES string of the molecule is C=CC(C(O)C[C@H]1OCCC[C@@H]1C/C=C\COCc1ccccc1)[Si](c1ccccc1)(c1ccccc1)c1ccccc1. The minimum Gasteiger partial charge on any atom is -0.393 e. The van der Waals surface area contributed by atoms with Crippen LogP contribution in [0.15, 0.2) is 146 Å². The van der Waals surface area contributed by atoms with Gasteiger partial charge in [0.25, 0.3) is 0 Å². The van der Waals surface area contributed by atoms with E-state index in [0.717, 1.165) is 25.9 Å². The largest absolute Gasteiger partial charge is 0.393 e. The molecule has 0 amide bonds.